The molecule has 0 spiro atoms. The first-order valence-corrected chi connectivity index (χ1v) is 5.80. The third-order valence-corrected chi connectivity index (χ3v) is 2.55. The Hall–Kier alpha value is -0.440. The number of benzene rings is 1. The maximum Gasteiger partial charge on any atom is 0.141 e. The second kappa shape index (κ2) is 6.21. The number of halogens is 2. The van der Waals surface area contributed by atoms with Crippen molar-refractivity contribution in [1.82, 2.24) is 0 Å². The summed E-state index contributed by atoms with van der Waals surface area (Å²) in [6, 6.07) is 3.56. The van der Waals surface area contributed by atoms with E-state index in [1.807, 2.05) is 13.0 Å². The zero-order chi connectivity index (χ0) is 11.3. The van der Waals surface area contributed by atoms with E-state index < -0.39 is 0 Å². The van der Waals surface area contributed by atoms with E-state index in [4.69, 9.17) is 27.9 Å². The molecule has 4 heteroatoms. The Balaban J connectivity index is 2.60. The fourth-order valence-corrected chi connectivity index (χ4v) is 1.97. The highest BCUT2D eigenvalue weighted by Crippen LogP contribution is 2.31. The van der Waals surface area contributed by atoms with Crippen LogP contribution >= 0.6 is 23.2 Å². The number of hydrogen-bond acceptors (Lipinski definition) is 1. The van der Waals surface area contributed by atoms with Gasteiger partial charge in [-0.2, -0.15) is 0 Å². The van der Waals surface area contributed by atoms with E-state index in [9.17, 15) is 0 Å². The molecular weight excluding hydrogens is 233 g/mol. The number of nitrogens with two attached hydrogens (primary N) is 1. The zero-order valence-corrected chi connectivity index (χ0v) is 10.5. The van der Waals surface area contributed by atoms with Gasteiger partial charge in [-0.1, -0.05) is 23.2 Å². The van der Waals surface area contributed by atoms with Gasteiger partial charge >= 0.3 is 0 Å². The maximum atomic E-state index is 6.03. The van der Waals surface area contributed by atoms with Crippen LogP contribution in [-0.4, -0.2) is 19.7 Å². The van der Waals surface area contributed by atoms with E-state index in [1.165, 1.54) is 0 Å². The Morgan fingerprint density at radius 1 is 1.33 bits per heavy atom. The zero-order valence-electron chi connectivity index (χ0n) is 9.02. The first-order chi connectivity index (χ1) is 7.15. The molecule has 2 N–H and O–H groups in total. The van der Waals surface area contributed by atoms with Gasteiger partial charge in [-0.3, -0.25) is 0 Å². The molecule has 0 saturated carbocycles. The molecule has 2 nitrogen and oxygen atoms in total. The van der Waals surface area contributed by atoms with Crippen molar-refractivity contribution in [3.05, 3.63) is 27.7 Å². The lowest BCUT2D eigenvalue weighted by Gasteiger charge is -2.10. The number of rotatable bonds is 5. The van der Waals surface area contributed by atoms with Crippen molar-refractivity contribution >= 4 is 23.2 Å². The second-order valence-electron chi connectivity index (χ2n) is 3.37. The summed E-state index contributed by atoms with van der Waals surface area (Å²) in [5.74, 6) is 0.741. The average molecular weight is 249 g/mol. The fourth-order valence-electron chi connectivity index (χ4n) is 1.32. The van der Waals surface area contributed by atoms with Crippen LogP contribution in [0, 0.1) is 6.92 Å². The fraction of sp³-hybridized carbons (Fsp3) is 0.455. The van der Waals surface area contributed by atoms with Crippen LogP contribution < -0.4 is 10.1 Å². The summed E-state index contributed by atoms with van der Waals surface area (Å²) in [4.78, 5) is 0. The minimum atomic E-state index is 0.580. The van der Waals surface area contributed by atoms with Gasteiger partial charge in [0.15, 0.2) is 0 Å². The molecule has 0 unspecified atom stereocenters. The topological polar surface area (TPSA) is 25.8 Å². The van der Waals surface area contributed by atoms with E-state index in [0.29, 0.717) is 16.7 Å². The number of quaternary nitrogens is 1. The van der Waals surface area contributed by atoms with E-state index >= 15 is 0 Å². The van der Waals surface area contributed by atoms with Crippen LogP contribution in [0.15, 0.2) is 12.1 Å². The number of aryl methyl sites for hydroxylation is 1. The molecule has 84 valence electrons. The van der Waals surface area contributed by atoms with Crippen molar-refractivity contribution in [2.45, 2.75) is 13.8 Å². The van der Waals surface area contributed by atoms with Gasteiger partial charge in [0.25, 0.3) is 0 Å². The first-order valence-electron chi connectivity index (χ1n) is 5.05. The summed E-state index contributed by atoms with van der Waals surface area (Å²) in [6.07, 6.45) is 0. The summed E-state index contributed by atoms with van der Waals surface area (Å²) < 4.78 is 5.60. The van der Waals surface area contributed by atoms with Crippen molar-refractivity contribution in [1.29, 1.82) is 0 Å². The van der Waals surface area contributed by atoms with Gasteiger partial charge in [0.05, 0.1) is 11.6 Å². The lowest BCUT2D eigenvalue weighted by molar-refractivity contribution is -0.652. The normalized spacial score (nSPS) is 10.4. The van der Waals surface area contributed by atoms with Crippen LogP contribution in [0.25, 0.3) is 0 Å². The van der Waals surface area contributed by atoms with Crippen LogP contribution in [0.5, 0.6) is 5.75 Å². The lowest BCUT2D eigenvalue weighted by Crippen LogP contribution is -2.84. The standard InChI is InChI=1S/C11H15Cl2NO/c1-3-14-4-5-15-11-8(2)6-9(12)7-10(11)13/h6-7,14H,3-5H2,1-2H3/p+1. The van der Waals surface area contributed by atoms with Crippen molar-refractivity contribution in [2.75, 3.05) is 19.7 Å². The quantitative estimate of drug-likeness (QED) is 0.796. The Kier molecular flexibility index (Phi) is 5.23. The van der Waals surface area contributed by atoms with E-state index in [1.54, 1.807) is 6.07 Å². The molecule has 0 saturated heterocycles. The molecule has 15 heavy (non-hydrogen) atoms. The summed E-state index contributed by atoms with van der Waals surface area (Å²) in [6.45, 7) is 6.72. The molecule has 1 rings (SSSR count). The number of likely N-dealkylation sites (N-methyl/N-ethyl adjacent to an activating group) is 1. The molecule has 0 aliphatic heterocycles. The van der Waals surface area contributed by atoms with Gasteiger partial charge in [0.2, 0.25) is 0 Å². The van der Waals surface area contributed by atoms with Crippen molar-refractivity contribution in [3.63, 3.8) is 0 Å². The number of hydrogen-bond donors (Lipinski definition) is 1. The summed E-state index contributed by atoms with van der Waals surface area (Å²) in [5.41, 5.74) is 0.976. The third kappa shape index (κ3) is 3.90. The highest BCUT2D eigenvalue weighted by molar-refractivity contribution is 6.35. The van der Waals surface area contributed by atoms with Crippen LogP contribution in [0.1, 0.15) is 12.5 Å². The number of ether oxygens (including phenoxy) is 1. The monoisotopic (exact) mass is 248 g/mol. The van der Waals surface area contributed by atoms with E-state index in [-0.39, 0.29) is 0 Å². The predicted octanol–water partition coefficient (Wildman–Crippen LogP) is 2.26. The van der Waals surface area contributed by atoms with Gasteiger partial charge in [0, 0.05) is 5.02 Å². The molecular formula is C11H16Cl2NO+. The van der Waals surface area contributed by atoms with Gasteiger partial charge in [-0.25, -0.2) is 0 Å². The average Bonchev–Trinajstić information content (AvgIpc) is 2.15. The van der Waals surface area contributed by atoms with Gasteiger partial charge < -0.3 is 10.1 Å². The van der Waals surface area contributed by atoms with Crippen molar-refractivity contribution in [3.8, 4) is 5.75 Å². The largest absolute Gasteiger partial charge is 0.486 e. The first kappa shape index (κ1) is 12.6. The summed E-state index contributed by atoms with van der Waals surface area (Å²) in [5, 5.41) is 3.40. The molecule has 1 aromatic carbocycles. The smallest absolute Gasteiger partial charge is 0.141 e. The summed E-state index contributed by atoms with van der Waals surface area (Å²) in [7, 11) is 0. The molecule has 1 aromatic rings. The van der Waals surface area contributed by atoms with Crippen LogP contribution in [0.4, 0.5) is 0 Å². The molecule has 0 heterocycles. The summed E-state index contributed by atoms with van der Waals surface area (Å²) >= 11 is 11.9. The molecule has 0 bridgehead atoms. The SMILES string of the molecule is CC[NH2+]CCOc1c(C)cc(Cl)cc1Cl. The molecule has 0 radical (unpaired) electrons. The van der Waals surface area contributed by atoms with E-state index in [2.05, 4.69) is 12.2 Å². The molecule has 0 aliphatic rings. The molecule has 0 atom stereocenters. The Morgan fingerprint density at radius 2 is 2.07 bits per heavy atom. The molecule has 0 aliphatic carbocycles. The van der Waals surface area contributed by atoms with Crippen LogP contribution in [0.2, 0.25) is 10.0 Å². The highest BCUT2D eigenvalue weighted by atomic mass is 35.5. The van der Waals surface area contributed by atoms with Crippen LogP contribution in [0.3, 0.4) is 0 Å². The minimum absolute atomic E-state index is 0.580. The second-order valence-corrected chi connectivity index (χ2v) is 4.21. The molecule has 0 amide bonds. The van der Waals surface area contributed by atoms with Crippen molar-refractivity contribution in [2.24, 2.45) is 0 Å². The highest BCUT2D eigenvalue weighted by Gasteiger charge is 2.07. The van der Waals surface area contributed by atoms with Crippen LogP contribution in [-0.2, 0) is 0 Å². The Bertz CT molecular complexity index is 305. The predicted molar refractivity (Wildman–Crippen MR) is 64.0 cm³/mol. The lowest BCUT2D eigenvalue weighted by atomic mass is 10.2. The molecule has 0 aromatic heterocycles. The maximum absolute atomic E-state index is 6.03. The van der Waals surface area contributed by atoms with Crippen molar-refractivity contribution < 1.29 is 10.1 Å². The minimum Gasteiger partial charge on any atom is -0.486 e. The molecule has 0 fully saturated rings. The Morgan fingerprint density at radius 3 is 2.67 bits per heavy atom. The third-order valence-electron chi connectivity index (χ3n) is 2.05. The van der Waals surface area contributed by atoms with Gasteiger partial charge in [0.1, 0.15) is 18.9 Å². The van der Waals surface area contributed by atoms with Gasteiger partial charge in [-0.15, -0.1) is 0 Å². The Labute approximate surface area is 101 Å². The van der Waals surface area contributed by atoms with Gasteiger partial charge in [-0.05, 0) is 31.5 Å². The van der Waals surface area contributed by atoms with E-state index in [0.717, 1.165) is 24.4 Å².